The van der Waals surface area contributed by atoms with Crippen LogP contribution in [0.2, 0.25) is 0 Å². The topological polar surface area (TPSA) is 78.9 Å². The summed E-state index contributed by atoms with van der Waals surface area (Å²) in [6, 6.07) is 0. The fourth-order valence-corrected chi connectivity index (χ4v) is 9.74. The molecule has 0 aliphatic carbocycles. The van der Waals surface area contributed by atoms with E-state index in [1.54, 1.807) is 0 Å². The van der Waals surface area contributed by atoms with Gasteiger partial charge in [0.15, 0.2) is 6.10 Å². The summed E-state index contributed by atoms with van der Waals surface area (Å²) in [5, 5.41) is 0. The smallest absolute Gasteiger partial charge is 0.306 e. The van der Waals surface area contributed by atoms with Crippen molar-refractivity contribution >= 4 is 17.9 Å². The zero-order valence-electron chi connectivity index (χ0n) is 54.4. The van der Waals surface area contributed by atoms with Gasteiger partial charge in [-0.05, 0) is 103 Å². The minimum absolute atomic E-state index is 0.100. The Kier molecular flexibility index (Phi) is 66.7. The van der Waals surface area contributed by atoms with Crippen LogP contribution >= 0.6 is 0 Å². The van der Waals surface area contributed by atoms with Crippen LogP contribution in [0.1, 0.15) is 329 Å². The van der Waals surface area contributed by atoms with Crippen molar-refractivity contribution in [1.82, 2.24) is 0 Å². The van der Waals surface area contributed by atoms with E-state index in [9.17, 15) is 14.4 Å². The Morgan fingerprint density at radius 3 is 0.843 bits per heavy atom. The average molecular weight is 1150 g/mol. The highest BCUT2D eigenvalue weighted by atomic mass is 16.6. The van der Waals surface area contributed by atoms with E-state index in [0.29, 0.717) is 19.3 Å². The normalized spacial score (nSPS) is 12.9. The Hall–Kier alpha value is -4.19. The molecule has 0 aliphatic rings. The van der Waals surface area contributed by atoms with Gasteiger partial charge in [-0.25, -0.2) is 0 Å². The van der Waals surface area contributed by atoms with Crippen LogP contribution in [0.3, 0.4) is 0 Å². The number of esters is 3. The summed E-state index contributed by atoms with van der Waals surface area (Å²) < 4.78 is 16.9. The molecule has 6 nitrogen and oxygen atoms in total. The van der Waals surface area contributed by atoms with Gasteiger partial charge in [-0.3, -0.25) is 14.4 Å². The third-order valence-corrected chi connectivity index (χ3v) is 14.9. The van der Waals surface area contributed by atoms with Crippen LogP contribution < -0.4 is 0 Å². The molecule has 0 rings (SSSR count). The van der Waals surface area contributed by atoms with Gasteiger partial charge in [-0.2, -0.15) is 0 Å². The van der Waals surface area contributed by atoms with E-state index in [1.165, 1.54) is 161 Å². The van der Waals surface area contributed by atoms with Crippen LogP contribution in [0.15, 0.2) is 122 Å². The lowest BCUT2D eigenvalue weighted by atomic mass is 10.0. The van der Waals surface area contributed by atoms with E-state index >= 15 is 0 Å². The fraction of sp³-hybridized carbons (Fsp3) is 0.701. The van der Waals surface area contributed by atoms with Crippen molar-refractivity contribution in [2.24, 2.45) is 0 Å². The Balaban J connectivity index is 4.30. The van der Waals surface area contributed by atoms with E-state index in [1.807, 2.05) is 0 Å². The van der Waals surface area contributed by atoms with Crippen LogP contribution in [0.5, 0.6) is 0 Å². The molecule has 1 unspecified atom stereocenters. The monoisotopic (exact) mass is 1150 g/mol. The van der Waals surface area contributed by atoms with Gasteiger partial charge in [0.1, 0.15) is 13.2 Å². The quantitative estimate of drug-likeness (QED) is 0.0261. The van der Waals surface area contributed by atoms with Crippen molar-refractivity contribution in [3.8, 4) is 0 Å². The molecule has 0 aromatic heterocycles. The molecule has 0 saturated heterocycles. The molecule has 0 N–H and O–H groups in total. The first-order chi connectivity index (χ1) is 41.0. The van der Waals surface area contributed by atoms with Gasteiger partial charge in [0, 0.05) is 19.3 Å². The van der Waals surface area contributed by atoms with E-state index in [-0.39, 0.29) is 37.5 Å². The molecule has 0 radical (unpaired) electrons. The number of hydrogen-bond donors (Lipinski definition) is 0. The number of carbonyl (C=O) groups is 3. The van der Waals surface area contributed by atoms with Gasteiger partial charge in [0.25, 0.3) is 0 Å². The predicted octanol–water partition coefficient (Wildman–Crippen LogP) is 24.3. The standard InChI is InChI=1S/C77H130O6/c1-4-7-10-13-16-19-22-24-26-28-30-32-34-36-38-39-40-42-43-45-47-49-51-53-55-58-61-64-67-70-76(79)82-73-74(72-81-75(78)69-66-63-60-57-21-18-15-12-9-6-3)83-77(80)71-68-65-62-59-56-54-52-50-48-46-44-41-37-35-33-31-29-27-25-23-20-17-14-11-8-5-2/h7,10,12,15-16,19,24,26,30,32,36,38,40,42,45,47,51,53,58,61,74H,4-6,8-9,11,13-14,17-18,20-23,25,27-29,31,33-35,37,39,41,43-44,46,48-50,52,54-57,59-60,62-73H2,1-3H3/b10-7-,15-12-,19-16-,26-24-,32-30-,38-36-,42-40-,47-45-,53-51-,61-58-. The van der Waals surface area contributed by atoms with Gasteiger partial charge in [0.2, 0.25) is 0 Å². The van der Waals surface area contributed by atoms with Gasteiger partial charge >= 0.3 is 17.9 Å². The SMILES string of the molecule is CC/C=C\C/C=C\C/C=C\C/C=C\C/C=C\C/C=C\C/C=C\C/C=C\C/C=C\CCCC(=O)OCC(COC(=O)CCCCCCC/C=C\CCC)OC(=O)CCCCCCCCCCCCCCCCCCCCCCCCCCCC. The molecule has 0 aromatic rings. The molecule has 474 valence electrons. The molecule has 83 heavy (non-hydrogen) atoms. The van der Waals surface area contributed by atoms with Crippen LogP contribution in [0.25, 0.3) is 0 Å². The summed E-state index contributed by atoms with van der Waals surface area (Å²) in [6.45, 7) is 6.44. The largest absolute Gasteiger partial charge is 0.462 e. The molecular weight excluding hydrogens is 1020 g/mol. The van der Waals surface area contributed by atoms with Crippen molar-refractivity contribution < 1.29 is 28.6 Å². The van der Waals surface area contributed by atoms with Gasteiger partial charge < -0.3 is 14.2 Å². The molecule has 0 aromatic carbocycles. The lowest BCUT2D eigenvalue weighted by Gasteiger charge is -2.18. The second kappa shape index (κ2) is 70.3. The Morgan fingerprint density at radius 2 is 0.506 bits per heavy atom. The van der Waals surface area contributed by atoms with Crippen molar-refractivity contribution in [2.75, 3.05) is 13.2 Å². The lowest BCUT2D eigenvalue weighted by molar-refractivity contribution is -0.167. The van der Waals surface area contributed by atoms with E-state index in [0.717, 1.165) is 122 Å². The minimum Gasteiger partial charge on any atom is -0.462 e. The fourth-order valence-electron chi connectivity index (χ4n) is 9.74. The van der Waals surface area contributed by atoms with Gasteiger partial charge in [0.05, 0.1) is 0 Å². The average Bonchev–Trinajstić information content (AvgIpc) is 3.49. The number of allylic oxidation sites excluding steroid dienone is 20. The van der Waals surface area contributed by atoms with Crippen molar-refractivity contribution in [3.05, 3.63) is 122 Å². The number of unbranched alkanes of at least 4 members (excludes halogenated alkanes) is 32. The van der Waals surface area contributed by atoms with E-state index < -0.39 is 6.10 Å². The first-order valence-corrected chi connectivity index (χ1v) is 35.0. The molecule has 0 aliphatic heterocycles. The van der Waals surface area contributed by atoms with Crippen LogP contribution in [0.4, 0.5) is 0 Å². The maximum Gasteiger partial charge on any atom is 0.306 e. The minimum atomic E-state index is -0.807. The highest BCUT2D eigenvalue weighted by Gasteiger charge is 2.19. The third-order valence-electron chi connectivity index (χ3n) is 14.9. The van der Waals surface area contributed by atoms with Crippen LogP contribution in [-0.4, -0.2) is 37.2 Å². The summed E-state index contributed by atoms with van der Waals surface area (Å²) in [5.41, 5.74) is 0. The lowest BCUT2D eigenvalue weighted by Crippen LogP contribution is -2.30. The van der Waals surface area contributed by atoms with Crippen LogP contribution in [0, 0.1) is 0 Å². The Bertz CT molecular complexity index is 1700. The number of hydrogen-bond acceptors (Lipinski definition) is 6. The zero-order chi connectivity index (χ0) is 59.9. The summed E-state index contributed by atoms with van der Waals surface area (Å²) in [4.78, 5) is 38.3. The Morgan fingerprint density at radius 1 is 0.253 bits per heavy atom. The number of ether oxygens (including phenoxy) is 3. The van der Waals surface area contributed by atoms with Crippen LogP contribution in [-0.2, 0) is 28.6 Å². The van der Waals surface area contributed by atoms with E-state index in [4.69, 9.17) is 14.2 Å². The Labute approximate surface area is 513 Å². The highest BCUT2D eigenvalue weighted by molar-refractivity contribution is 5.71. The predicted molar refractivity (Wildman–Crippen MR) is 362 cm³/mol. The summed E-state index contributed by atoms with van der Waals surface area (Å²) in [7, 11) is 0. The van der Waals surface area contributed by atoms with Crippen molar-refractivity contribution in [1.29, 1.82) is 0 Å². The van der Waals surface area contributed by atoms with Gasteiger partial charge in [-0.1, -0.05) is 328 Å². The summed E-state index contributed by atoms with van der Waals surface area (Å²) in [6.07, 6.45) is 98.2. The van der Waals surface area contributed by atoms with Gasteiger partial charge in [-0.15, -0.1) is 0 Å². The zero-order valence-corrected chi connectivity index (χ0v) is 54.4. The highest BCUT2D eigenvalue weighted by Crippen LogP contribution is 2.17. The van der Waals surface area contributed by atoms with Crippen molar-refractivity contribution in [3.63, 3.8) is 0 Å². The number of rotatable bonds is 63. The molecule has 6 heteroatoms. The molecule has 0 fully saturated rings. The molecular formula is C77H130O6. The molecule has 0 bridgehead atoms. The summed E-state index contributed by atoms with van der Waals surface area (Å²) >= 11 is 0. The van der Waals surface area contributed by atoms with Crippen molar-refractivity contribution in [2.45, 2.75) is 335 Å². The molecule has 0 heterocycles. The maximum atomic E-state index is 12.9. The molecule has 1 atom stereocenters. The molecule has 0 saturated carbocycles. The number of carbonyl (C=O) groups excluding carboxylic acids is 3. The second-order valence-corrected chi connectivity index (χ2v) is 23.1. The molecule has 0 spiro atoms. The second-order valence-electron chi connectivity index (χ2n) is 23.1. The molecule has 0 amide bonds. The first-order valence-electron chi connectivity index (χ1n) is 35.0. The maximum absolute atomic E-state index is 12.9. The first kappa shape index (κ1) is 78.8. The summed E-state index contributed by atoms with van der Waals surface area (Å²) in [5.74, 6) is -0.963. The third kappa shape index (κ3) is 68.5. The van der Waals surface area contributed by atoms with E-state index in [2.05, 4.69) is 142 Å².